The predicted octanol–water partition coefficient (Wildman–Crippen LogP) is 2.91. The van der Waals surface area contributed by atoms with Gasteiger partial charge in [-0.3, -0.25) is 0 Å². The molecule has 0 amide bonds. The van der Waals surface area contributed by atoms with Gasteiger partial charge in [0, 0.05) is 42.4 Å². The Labute approximate surface area is 154 Å². The summed E-state index contributed by atoms with van der Waals surface area (Å²) in [5, 5.41) is 0. The Hall–Kier alpha value is -2.24. The molecule has 2 aromatic rings. The molecule has 0 N–H and O–H groups in total. The molecular formula is C20H26N6. The molecule has 136 valence electrons. The van der Waals surface area contributed by atoms with Crippen LogP contribution in [0.4, 0.5) is 11.6 Å². The van der Waals surface area contributed by atoms with Crippen molar-refractivity contribution in [1.29, 1.82) is 0 Å². The molecule has 26 heavy (non-hydrogen) atoms. The lowest BCUT2D eigenvalue weighted by Crippen LogP contribution is -2.69. The molecule has 6 nitrogen and oxygen atoms in total. The highest BCUT2D eigenvalue weighted by atomic mass is 15.4. The SMILES string of the molecule is CC(C)(C)c1nccc(N2C3CC2CN(c2cc(C4CC4)ncn2)C3)n1. The summed E-state index contributed by atoms with van der Waals surface area (Å²) in [7, 11) is 0. The first kappa shape index (κ1) is 16.0. The van der Waals surface area contributed by atoms with Gasteiger partial charge in [0.1, 0.15) is 23.8 Å². The number of fused-ring (bicyclic) bond motifs is 2. The van der Waals surface area contributed by atoms with Crippen LogP contribution in [0.1, 0.15) is 57.5 Å². The zero-order chi connectivity index (χ0) is 17.9. The summed E-state index contributed by atoms with van der Waals surface area (Å²) >= 11 is 0. The number of nitrogens with zero attached hydrogens (tertiary/aromatic N) is 6. The summed E-state index contributed by atoms with van der Waals surface area (Å²) in [6.45, 7) is 8.50. The number of hydrogen-bond donors (Lipinski definition) is 0. The first-order valence-corrected chi connectivity index (χ1v) is 9.68. The van der Waals surface area contributed by atoms with Gasteiger partial charge in [-0.25, -0.2) is 19.9 Å². The number of piperazine rings is 1. The molecule has 5 heterocycles. The Morgan fingerprint density at radius 2 is 1.77 bits per heavy atom. The van der Waals surface area contributed by atoms with Gasteiger partial charge in [-0.2, -0.15) is 0 Å². The highest BCUT2D eigenvalue weighted by Crippen LogP contribution is 2.41. The largest absolute Gasteiger partial charge is 0.352 e. The highest BCUT2D eigenvalue weighted by molar-refractivity contribution is 5.52. The quantitative estimate of drug-likeness (QED) is 0.848. The Morgan fingerprint density at radius 3 is 2.46 bits per heavy atom. The monoisotopic (exact) mass is 350 g/mol. The fraction of sp³-hybridized carbons (Fsp3) is 0.600. The molecule has 2 unspecified atom stereocenters. The van der Waals surface area contributed by atoms with E-state index in [1.807, 2.05) is 6.20 Å². The average molecular weight is 350 g/mol. The van der Waals surface area contributed by atoms with Gasteiger partial charge in [-0.1, -0.05) is 20.8 Å². The predicted molar refractivity (Wildman–Crippen MR) is 102 cm³/mol. The molecule has 0 aromatic carbocycles. The van der Waals surface area contributed by atoms with Gasteiger partial charge in [-0.15, -0.1) is 0 Å². The van der Waals surface area contributed by atoms with Crippen molar-refractivity contribution in [3.8, 4) is 0 Å². The van der Waals surface area contributed by atoms with Gasteiger partial charge in [-0.05, 0) is 25.3 Å². The minimum Gasteiger partial charge on any atom is -0.352 e. The van der Waals surface area contributed by atoms with Crippen LogP contribution >= 0.6 is 0 Å². The van der Waals surface area contributed by atoms with E-state index >= 15 is 0 Å². The van der Waals surface area contributed by atoms with Crippen LogP contribution in [0.5, 0.6) is 0 Å². The van der Waals surface area contributed by atoms with Gasteiger partial charge >= 0.3 is 0 Å². The maximum absolute atomic E-state index is 4.86. The smallest absolute Gasteiger partial charge is 0.135 e. The van der Waals surface area contributed by atoms with E-state index in [2.05, 4.69) is 57.7 Å². The van der Waals surface area contributed by atoms with Crippen LogP contribution in [0, 0.1) is 0 Å². The fourth-order valence-electron chi connectivity index (χ4n) is 4.16. The molecule has 2 aromatic heterocycles. The molecular weight excluding hydrogens is 324 g/mol. The third kappa shape index (κ3) is 2.72. The molecule has 1 saturated carbocycles. The molecule has 4 fully saturated rings. The maximum atomic E-state index is 4.86. The zero-order valence-electron chi connectivity index (χ0n) is 15.8. The minimum absolute atomic E-state index is 0.0256. The Bertz CT molecular complexity index is 813. The lowest BCUT2D eigenvalue weighted by Gasteiger charge is -2.57. The summed E-state index contributed by atoms with van der Waals surface area (Å²) in [5.41, 5.74) is 1.19. The van der Waals surface area contributed by atoms with E-state index in [1.54, 1.807) is 6.33 Å². The van der Waals surface area contributed by atoms with Crippen molar-refractivity contribution in [1.82, 2.24) is 19.9 Å². The number of anilines is 2. The van der Waals surface area contributed by atoms with E-state index in [0.717, 1.165) is 30.5 Å². The van der Waals surface area contributed by atoms with Gasteiger partial charge < -0.3 is 9.80 Å². The molecule has 0 radical (unpaired) electrons. The molecule has 4 aliphatic rings. The zero-order valence-corrected chi connectivity index (χ0v) is 15.8. The Balaban J connectivity index is 1.34. The van der Waals surface area contributed by atoms with Crippen LogP contribution in [0.15, 0.2) is 24.7 Å². The van der Waals surface area contributed by atoms with Crippen molar-refractivity contribution in [2.24, 2.45) is 0 Å². The van der Waals surface area contributed by atoms with Crippen LogP contribution in [0.3, 0.4) is 0 Å². The summed E-state index contributed by atoms with van der Waals surface area (Å²) in [6, 6.07) is 5.28. The van der Waals surface area contributed by atoms with Crippen molar-refractivity contribution >= 4 is 11.6 Å². The van der Waals surface area contributed by atoms with E-state index < -0.39 is 0 Å². The van der Waals surface area contributed by atoms with Crippen LogP contribution in [0.25, 0.3) is 0 Å². The third-order valence-corrected chi connectivity index (χ3v) is 5.76. The lowest BCUT2D eigenvalue weighted by atomic mass is 9.87. The molecule has 6 rings (SSSR count). The second-order valence-corrected chi connectivity index (χ2v) is 8.92. The van der Waals surface area contributed by atoms with Crippen molar-refractivity contribution in [2.75, 3.05) is 22.9 Å². The first-order chi connectivity index (χ1) is 12.5. The topological polar surface area (TPSA) is 58.0 Å². The number of rotatable bonds is 3. The summed E-state index contributed by atoms with van der Waals surface area (Å²) in [6.07, 6.45) is 7.44. The molecule has 0 spiro atoms. The Kier molecular flexibility index (Phi) is 3.46. The van der Waals surface area contributed by atoms with Crippen molar-refractivity contribution in [2.45, 2.75) is 63.5 Å². The van der Waals surface area contributed by atoms with Crippen LogP contribution in [-0.2, 0) is 5.41 Å². The number of hydrogen-bond acceptors (Lipinski definition) is 6. The second-order valence-electron chi connectivity index (χ2n) is 8.92. The number of aromatic nitrogens is 4. The Morgan fingerprint density at radius 1 is 1.00 bits per heavy atom. The first-order valence-electron chi connectivity index (χ1n) is 9.68. The third-order valence-electron chi connectivity index (χ3n) is 5.76. The van der Waals surface area contributed by atoms with E-state index in [-0.39, 0.29) is 5.41 Å². The van der Waals surface area contributed by atoms with Crippen LogP contribution in [-0.4, -0.2) is 45.1 Å². The average Bonchev–Trinajstić information content (AvgIpc) is 3.47. The van der Waals surface area contributed by atoms with E-state index in [1.165, 1.54) is 25.0 Å². The van der Waals surface area contributed by atoms with Crippen LogP contribution in [0.2, 0.25) is 0 Å². The van der Waals surface area contributed by atoms with E-state index in [0.29, 0.717) is 18.0 Å². The minimum atomic E-state index is -0.0256. The van der Waals surface area contributed by atoms with Gasteiger partial charge in [0.05, 0.1) is 12.1 Å². The normalized spacial score (nSPS) is 25.2. The van der Waals surface area contributed by atoms with Gasteiger partial charge in [0.25, 0.3) is 0 Å². The highest BCUT2D eigenvalue weighted by Gasteiger charge is 2.46. The molecule has 3 saturated heterocycles. The summed E-state index contributed by atoms with van der Waals surface area (Å²) in [5.74, 6) is 3.76. The van der Waals surface area contributed by atoms with Crippen molar-refractivity contribution in [3.05, 3.63) is 36.2 Å². The summed E-state index contributed by atoms with van der Waals surface area (Å²) in [4.78, 5) is 23.2. The van der Waals surface area contributed by atoms with Gasteiger partial charge in [0.15, 0.2) is 0 Å². The lowest BCUT2D eigenvalue weighted by molar-refractivity contribution is 0.287. The van der Waals surface area contributed by atoms with E-state index in [4.69, 9.17) is 4.98 Å². The van der Waals surface area contributed by atoms with Crippen molar-refractivity contribution in [3.63, 3.8) is 0 Å². The second kappa shape index (κ2) is 5.63. The molecule has 6 heteroatoms. The molecule has 2 atom stereocenters. The van der Waals surface area contributed by atoms with E-state index in [9.17, 15) is 0 Å². The standard InChI is InChI=1S/C20H26N6/c1-20(2,3)19-21-7-6-17(24-19)26-14-8-15(26)11-25(10-14)18-9-16(13-4-5-13)22-12-23-18/h6-7,9,12-15H,4-5,8,10-11H2,1-3H3. The molecule has 3 aliphatic heterocycles. The van der Waals surface area contributed by atoms with Gasteiger partial charge in [0.2, 0.25) is 0 Å². The van der Waals surface area contributed by atoms with Crippen LogP contribution < -0.4 is 9.80 Å². The number of piperidine rings is 1. The molecule has 1 aliphatic carbocycles. The fourth-order valence-corrected chi connectivity index (χ4v) is 4.16. The maximum Gasteiger partial charge on any atom is 0.135 e. The van der Waals surface area contributed by atoms with Crippen molar-refractivity contribution < 1.29 is 0 Å². The molecule has 2 bridgehead atoms. The summed E-state index contributed by atoms with van der Waals surface area (Å²) < 4.78 is 0.